The monoisotopic (exact) mass is 435 g/mol. The quantitative estimate of drug-likeness (QED) is 0.776. The van der Waals surface area contributed by atoms with E-state index < -0.39 is 0 Å². The molecule has 1 atom stereocenters. The molecule has 2 fully saturated rings. The Morgan fingerprint density at radius 3 is 2.62 bits per heavy atom. The van der Waals surface area contributed by atoms with Crippen LogP contribution >= 0.6 is 0 Å². The summed E-state index contributed by atoms with van der Waals surface area (Å²) >= 11 is 0. The molecule has 0 unspecified atom stereocenters. The van der Waals surface area contributed by atoms with Gasteiger partial charge in [-0.3, -0.25) is 4.79 Å². The van der Waals surface area contributed by atoms with Crippen LogP contribution in [-0.4, -0.2) is 66.0 Å². The van der Waals surface area contributed by atoms with Crippen molar-refractivity contribution < 1.29 is 9.59 Å². The number of likely N-dealkylation sites (tertiary alicyclic amines) is 1. The van der Waals surface area contributed by atoms with Crippen molar-refractivity contribution in [3.05, 3.63) is 54.2 Å². The Bertz CT molecular complexity index is 912. The zero-order chi connectivity index (χ0) is 22.3. The van der Waals surface area contributed by atoms with Gasteiger partial charge in [0.15, 0.2) is 0 Å². The summed E-state index contributed by atoms with van der Waals surface area (Å²) in [7, 11) is 0. The highest BCUT2D eigenvalue weighted by atomic mass is 16.2. The minimum absolute atomic E-state index is 0.0442. The summed E-state index contributed by atoms with van der Waals surface area (Å²) in [6.07, 6.45) is 5.27. The number of aromatic nitrogens is 1. The van der Waals surface area contributed by atoms with E-state index in [4.69, 9.17) is 0 Å². The van der Waals surface area contributed by atoms with Crippen molar-refractivity contribution in [1.29, 1.82) is 0 Å². The molecule has 0 saturated carbocycles. The molecule has 7 heteroatoms. The molecule has 2 aliphatic rings. The molecular formula is C25H33N5O2. The summed E-state index contributed by atoms with van der Waals surface area (Å²) in [6.45, 7) is 6.63. The number of carbonyl (C=O) groups excluding carboxylic acids is 2. The van der Waals surface area contributed by atoms with Crippen molar-refractivity contribution in [3.63, 3.8) is 0 Å². The van der Waals surface area contributed by atoms with Crippen LogP contribution in [0.15, 0.2) is 48.7 Å². The first kappa shape index (κ1) is 22.1. The van der Waals surface area contributed by atoms with Gasteiger partial charge in [-0.25, -0.2) is 9.78 Å². The molecule has 3 heterocycles. The first-order valence-electron chi connectivity index (χ1n) is 11.6. The number of hydrogen-bond donors (Lipinski definition) is 1. The topological polar surface area (TPSA) is 68.8 Å². The molecule has 4 rings (SSSR count). The van der Waals surface area contributed by atoms with Gasteiger partial charge in [0.2, 0.25) is 5.91 Å². The molecule has 0 spiro atoms. The summed E-state index contributed by atoms with van der Waals surface area (Å²) in [6, 6.07) is 13.7. The van der Waals surface area contributed by atoms with E-state index in [0.717, 1.165) is 75.6 Å². The molecule has 1 N–H and O–H groups in total. The predicted octanol–water partition coefficient (Wildman–Crippen LogP) is 3.76. The number of urea groups is 1. The van der Waals surface area contributed by atoms with Gasteiger partial charge >= 0.3 is 6.03 Å². The van der Waals surface area contributed by atoms with Gasteiger partial charge in [0, 0.05) is 57.6 Å². The molecule has 170 valence electrons. The van der Waals surface area contributed by atoms with Crippen molar-refractivity contribution >= 4 is 23.4 Å². The Kier molecular flexibility index (Phi) is 7.24. The lowest BCUT2D eigenvalue weighted by Crippen LogP contribution is -2.49. The number of hydrogen-bond acceptors (Lipinski definition) is 4. The lowest BCUT2D eigenvalue weighted by Gasteiger charge is -2.36. The number of rotatable bonds is 5. The summed E-state index contributed by atoms with van der Waals surface area (Å²) in [5.74, 6) is 1.59. The number of benzene rings is 1. The van der Waals surface area contributed by atoms with Crippen LogP contribution in [0.1, 0.15) is 31.2 Å². The summed E-state index contributed by atoms with van der Waals surface area (Å²) in [5, 5.41) is 3.01. The molecule has 0 aliphatic carbocycles. The molecule has 0 radical (unpaired) electrons. The highest BCUT2D eigenvalue weighted by Crippen LogP contribution is 2.23. The second-order valence-electron chi connectivity index (χ2n) is 8.85. The molecule has 32 heavy (non-hydrogen) atoms. The van der Waals surface area contributed by atoms with Crippen LogP contribution < -0.4 is 10.2 Å². The Morgan fingerprint density at radius 1 is 1.03 bits per heavy atom. The molecule has 0 bridgehead atoms. The normalized spacial score (nSPS) is 19.0. The second kappa shape index (κ2) is 10.5. The molecule has 1 aromatic carbocycles. The van der Waals surface area contributed by atoms with Gasteiger partial charge in [-0.1, -0.05) is 18.2 Å². The number of aryl methyl sites for hydroxylation is 1. The number of piperazine rings is 1. The van der Waals surface area contributed by atoms with Gasteiger partial charge in [0.1, 0.15) is 5.82 Å². The van der Waals surface area contributed by atoms with Gasteiger partial charge in [-0.2, -0.15) is 0 Å². The smallest absolute Gasteiger partial charge is 0.321 e. The second-order valence-corrected chi connectivity index (χ2v) is 8.85. The fraction of sp³-hybridized carbons (Fsp3) is 0.480. The average molecular weight is 436 g/mol. The van der Waals surface area contributed by atoms with Crippen LogP contribution in [0.4, 0.5) is 16.3 Å². The van der Waals surface area contributed by atoms with Crippen LogP contribution in [0.25, 0.3) is 0 Å². The maximum absolute atomic E-state index is 12.8. The molecule has 2 aliphatic heterocycles. The van der Waals surface area contributed by atoms with E-state index in [-0.39, 0.29) is 11.9 Å². The molecule has 1 aromatic heterocycles. The highest BCUT2D eigenvalue weighted by Gasteiger charge is 2.26. The number of pyridine rings is 1. The molecular weight excluding hydrogens is 402 g/mol. The van der Waals surface area contributed by atoms with Gasteiger partial charge in [0.25, 0.3) is 0 Å². The van der Waals surface area contributed by atoms with E-state index >= 15 is 0 Å². The largest absolute Gasteiger partial charge is 0.353 e. The van der Waals surface area contributed by atoms with Crippen LogP contribution in [0, 0.1) is 12.8 Å². The van der Waals surface area contributed by atoms with E-state index in [0.29, 0.717) is 12.3 Å². The van der Waals surface area contributed by atoms with Crippen LogP contribution in [0.5, 0.6) is 0 Å². The number of carbonyl (C=O) groups is 2. The Morgan fingerprint density at radius 2 is 1.88 bits per heavy atom. The van der Waals surface area contributed by atoms with Gasteiger partial charge in [-0.15, -0.1) is 0 Å². The maximum atomic E-state index is 12.8. The van der Waals surface area contributed by atoms with Crippen molar-refractivity contribution in [2.45, 2.75) is 32.6 Å². The molecule has 7 nitrogen and oxygen atoms in total. The van der Waals surface area contributed by atoms with E-state index in [1.807, 2.05) is 65.4 Å². The fourth-order valence-corrected chi connectivity index (χ4v) is 4.62. The van der Waals surface area contributed by atoms with Crippen molar-refractivity contribution in [2.75, 3.05) is 49.5 Å². The van der Waals surface area contributed by atoms with Crippen LogP contribution in [0.2, 0.25) is 0 Å². The van der Waals surface area contributed by atoms with Crippen molar-refractivity contribution in [3.8, 4) is 0 Å². The van der Waals surface area contributed by atoms with E-state index in [1.54, 1.807) is 0 Å². The maximum Gasteiger partial charge on any atom is 0.321 e. The highest BCUT2D eigenvalue weighted by molar-refractivity contribution is 5.89. The zero-order valence-electron chi connectivity index (χ0n) is 18.9. The van der Waals surface area contributed by atoms with Crippen molar-refractivity contribution in [2.24, 2.45) is 5.92 Å². The standard InChI is InChI=1S/C25H33N5O2/c1-20-6-4-8-22(18-20)27-25(32)30-13-5-7-21(19-30)10-11-24(31)29-16-14-28(15-17-29)23-9-2-3-12-26-23/h2-4,6,8-9,12,18,21H,5,7,10-11,13-17,19H2,1H3,(H,27,32)/t21-/m1/s1. The average Bonchev–Trinajstić information content (AvgIpc) is 2.83. The third kappa shape index (κ3) is 5.78. The minimum Gasteiger partial charge on any atom is -0.353 e. The van der Waals surface area contributed by atoms with E-state index in [9.17, 15) is 9.59 Å². The van der Waals surface area contributed by atoms with Crippen molar-refractivity contribution in [1.82, 2.24) is 14.8 Å². The number of nitrogens with one attached hydrogen (secondary N) is 1. The zero-order valence-corrected chi connectivity index (χ0v) is 18.9. The third-order valence-electron chi connectivity index (χ3n) is 6.45. The van der Waals surface area contributed by atoms with Crippen LogP contribution in [0.3, 0.4) is 0 Å². The summed E-state index contributed by atoms with van der Waals surface area (Å²) < 4.78 is 0. The number of nitrogens with zero attached hydrogens (tertiary/aromatic N) is 4. The lowest BCUT2D eigenvalue weighted by molar-refractivity contribution is -0.131. The minimum atomic E-state index is -0.0442. The Balaban J connectivity index is 1.21. The van der Waals surface area contributed by atoms with Gasteiger partial charge in [-0.05, 0) is 61.9 Å². The molecule has 3 amide bonds. The fourth-order valence-electron chi connectivity index (χ4n) is 4.62. The third-order valence-corrected chi connectivity index (χ3v) is 6.45. The number of amides is 3. The number of piperidine rings is 1. The molecule has 2 saturated heterocycles. The predicted molar refractivity (Wildman–Crippen MR) is 127 cm³/mol. The molecule has 2 aromatic rings. The number of anilines is 2. The first-order chi connectivity index (χ1) is 15.6. The first-order valence-corrected chi connectivity index (χ1v) is 11.6. The van der Waals surface area contributed by atoms with Gasteiger partial charge < -0.3 is 20.0 Å². The van der Waals surface area contributed by atoms with E-state index in [2.05, 4.69) is 15.2 Å². The SMILES string of the molecule is Cc1cccc(NC(=O)N2CCC[C@H](CCC(=O)N3CCN(c4ccccn4)CC3)C2)c1. The van der Waals surface area contributed by atoms with Crippen LogP contribution in [-0.2, 0) is 4.79 Å². The lowest BCUT2D eigenvalue weighted by atomic mass is 9.93. The summed E-state index contributed by atoms with van der Waals surface area (Å²) in [4.78, 5) is 36.0. The Labute approximate surface area is 190 Å². The van der Waals surface area contributed by atoms with E-state index in [1.165, 1.54) is 0 Å². The summed E-state index contributed by atoms with van der Waals surface area (Å²) in [5.41, 5.74) is 1.95. The Hall–Kier alpha value is -3.09. The van der Waals surface area contributed by atoms with Gasteiger partial charge in [0.05, 0.1) is 0 Å².